The lowest BCUT2D eigenvalue weighted by Gasteiger charge is -2.05. The van der Waals surface area contributed by atoms with E-state index in [0.717, 1.165) is 6.61 Å². The highest BCUT2D eigenvalue weighted by molar-refractivity contribution is 6.48. The lowest BCUT2D eigenvalue weighted by Crippen LogP contribution is -2.08. The molecule has 0 saturated heterocycles. The maximum atomic E-state index is 5.58. The molecule has 0 spiro atoms. The van der Waals surface area contributed by atoms with Gasteiger partial charge in [-0.2, -0.15) is 0 Å². The Morgan fingerprint density at radius 2 is 1.79 bits per heavy atom. The number of aryl methyl sites for hydroxylation is 1. The maximum absolute atomic E-state index is 5.58. The molecule has 1 nitrogen and oxygen atoms in total. The van der Waals surface area contributed by atoms with E-state index in [-0.39, 0.29) is 0 Å². The van der Waals surface area contributed by atoms with Crippen LogP contribution in [0.5, 0.6) is 0 Å². The highest BCUT2D eigenvalue weighted by Crippen LogP contribution is 2.04. The average Bonchev–Trinajstić information content (AvgIpc) is 2.18. The molecule has 1 aromatic rings. The molecule has 0 unspecified atom stereocenters. The van der Waals surface area contributed by atoms with Gasteiger partial charge in [-0.3, -0.25) is 0 Å². The van der Waals surface area contributed by atoms with Crippen LogP contribution >= 0.6 is 0 Å². The minimum Gasteiger partial charge on any atom is -0.417 e. The first-order valence-electron chi connectivity index (χ1n) is 5.26. The first-order valence-corrected chi connectivity index (χ1v) is 7.67. The second kappa shape index (κ2) is 6.79. The fourth-order valence-corrected chi connectivity index (χ4v) is 1.90. The summed E-state index contributed by atoms with van der Waals surface area (Å²) in [4.78, 5) is 0. The van der Waals surface area contributed by atoms with E-state index in [9.17, 15) is 0 Å². The zero-order chi connectivity index (χ0) is 10.2. The molecule has 0 aliphatic carbocycles. The van der Waals surface area contributed by atoms with E-state index in [1.54, 1.807) is 0 Å². The topological polar surface area (TPSA) is 9.23 Å². The molecule has 0 heterocycles. The summed E-state index contributed by atoms with van der Waals surface area (Å²) in [5, 5.41) is 0. The summed E-state index contributed by atoms with van der Waals surface area (Å²) in [5.41, 5.74) is 1.44. The molecule has 1 radical (unpaired) electrons. The van der Waals surface area contributed by atoms with Crippen LogP contribution in [0.1, 0.15) is 18.4 Å². The van der Waals surface area contributed by atoms with E-state index < -0.39 is 9.04 Å². The van der Waals surface area contributed by atoms with Crippen LogP contribution in [0.3, 0.4) is 0 Å². The molecule has 0 saturated carbocycles. The number of hydrogen-bond acceptors (Lipinski definition) is 1. The monoisotopic (exact) mass is 207 g/mol. The summed E-state index contributed by atoms with van der Waals surface area (Å²) in [6.45, 7) is 5.30. The van der Waals surface area contributed by atoms with Crippen LogP contribution in [0.4, 0.5) is 0 Å². The summed E-state index contributed by atoms with van der Waals surface area (Å²) in [6, 6.07) is 10.6. The molecule has 0 amide bonds. The fraction of sp³-hybridized carbons (Fsp3) is 0.500. The van der Waals surface area contributed by atoms with Crippen molar-refractivity contribution < 1.29 is 4.43 Å². The van der Waals surface area contributed by atoms with Crippen molar-refractivity contribution in [2.75, 3.05) is 6.61 Å². The second-order valence-electron chi connectivity index (χ2n) is 3.70. The van der Waals surface area contributed by atoms with Gasteiger partial charge in [0.25, 0.3) is 0 Å². The van der Waals surface area contributed by atoms with Crippen LogP contribution in [-0.2, 0) is 10.8 Å². The standard InChI is InChI=1S/C12H19OSi/c1-14(2)13-11-7-6-10-12-8-4-3-5-9-12/h3-5,8-9H,6-7,10-11H2,1-2H3. The van der Waals surface area contributed by atoms with E-state index in [0.29, 0.717) is 0 Å². The van der Waals surface area contributed by atoms with E-state index in [1.165, 1.54) is 24.8 Å². The minimum absolute atomic E-state index is 0.479. The van der Waals surface area contributed by atoms with E-state index in [2.05, 4.69) is 43.4 Å². The first kappa shape index (κ1) is 11.5. The van der Waals surface area contributed by atoms with Gasteiger partial charge in [0.15, 0.2) is 0 Å². The molecular weight excluding hydrogens is 188 g/mol. The summed E-state index contributed by atoms with van der Waals surface area (Å²) < 4.78 is 5.58. The predicted octanol–water partition coefficient (Wildman–Crippen LogP) is 3.28. The lowest BCUT2D eigenvalue weighted by atomic mass is 10.1. The third kappa shape index (κ3) is 5.20. The second-order valence-corrected chi connectivity index (χ2v) is 5.80. The molecule has 0 atom stereocenters. The minimum atomic E-state index is -0.479. The van der Waals surface area contributed by atoms with Gasteiger partial charge in [-0.25, -0.2) is 0 Å². The van der Waals surface area contributed by atoms with Crippen LogP contribution in [0.2, 0.25) is 13.1 Å². The van der Waals surface area contributed by atoms with E-state index in [1.807, 2.05) is 0 Å². The SMILES string of the molecule is C[Si](C)OCCCCc1ccccc1. The van der Waals surface area contributed by atoms with Crippen molar-refractivity contribution in [1.82, 2.24) is 0 Å². The lowest BCUT2D eigenvalue weighted by molar-refractivity contribution is 0.314. The van der Waals surface area contributed by atoms with Crippen molar-refractivity contribution in [1.29, 1.82) is 0 Å². The largest absolute Gasteiger partial charge is 0.417 e. The average molecular weight is 207 g/mol. The van der Waals surface area contributed by atoms with Crippen molar-refractivity contribution >= 4 is 9.04 Å². The Morgan fingerprint density at radius 3 is 2.43 bits per heavy atom. The number of unbranched alkanes of at least 4 members (excludes halogenated alkanes) is 1. The van der Waals surface area contributed by atoms with Gasteiger partial charge in [-0.05, 0) is 37.9 Å². The molecule has 0 aliphatic heterocycles. The fourth-order valence-electron chi connectivity index (χ4n) is 1.35. The Labute approximate surface area is 88.8 Å². The van der Waals surface area contributed by atoms with Gasteiger partial charge in [-0.15, -0.1) is 0 Å². The summed E-state index contributed by atoms with van der Waals surface area (Å²) >= 11 is 0. The Balaban J connectivity index is 2.05. The zero-order valence-electron chi connectivity index (χ0n) is 9.12. The van der Waals surface area contributed by atoms with Crippen molar-refractivity contribution in [3.05, 3.63) is 35.9 Å². The predicted molar refractivity (Wildman–Crippen MR) is 62.8 cm³/mol. The summed E-state index contributed by atoms with van der Waals surface area (Å²) in [7, 11) is -0.479. The molecule has 1 rings (SSSR count). The van der Waals surface area contributed by atoms with Crippen LogP contribution < -0.4 is 0 Å². The molecule has 0 fully saturated rings. The smallest absolute Gasteiger partial charge is 0.204 e. The van der Waals surface area contributed by atoms with Gasteiger partial charge in [0.1, 0.15) is 0 Å². The van der Waals surface area contributed by atoms with Gasteiger partial charge < -0.3 is 4.43 Å². The van der Waals surface area contributed by atoms with Crippen molar-refractivity contribution in [2.24, 2.45) is 0 Å². The summed E-state index contributed by atoms with van der Waals surface area (Å²) in [6.07, 6.45) is 3.60. The number of rotatable bonds is 6. The first-order chi connectivity index (χ1) is 6.79. The maximum Gasteiger partial charge on any atom is 0.204 e. The molecule has 0 aliphatic rings. The van der Waals surface area contributed by atoms with Crippen LogP contribution in [0.15, 0.2) is 30.3 Å². The molecule has 0 aromatic heterocycles. The normalized spacial score (nSPS) is 10.8. The molecule has 14 heavy (non-hydrogen) atoms. The Morgan fingerprint density at radius 1 is 1.07 bits per heavy atom. The van der Waals surface area contributed by atoms with Crippen LogP contribution in [0.25, 0.3) is 0 Å². The van der Waals surface area contributed by atoms with Crippen LogP contribution in [-0.4, -0.2) is 15.6 Å². The Kier molecular flexibility index (Phi) is 5.57. The van der Waals surface area contributed by atoms with Gasteiger partial charge in [0, 0.05) is 6.61 Å². The molecule has 0 N–H and O–H groups in total. The Hall–Kier alpha value is -0.603. The van der Waals surface area contributed by atoms with Crippen molar-refractivity contribution in [3.63, 3.8) is 0 Å². The van der Waals surface area contributed by atoms with Crippen LogP contribution in [0, 0.1) is 0 Å². The molecular formula is C12H19OSi. The van der Waals surface area contributed by atoms with Crippen molar-refractivity contribution in [2.45, 2.75) is 32.4 Å². The number of benzene rings is 1. The number of hydrogen-bond donors (Lipinski definition) is 0. The van der Waals surface area contributed by atoms with Gasteiger partial charge in [0.05, 0.1) is 0 Å². The highest BCUT2D eigenvalue weighted by atomic mass is 28.3. The van der Waals surface area contributed by atoms with Gasteiger partial charge in [-0.1, -0.05) is 30.3 Å². The molecule has 1 aromatic carbocycles. The van der Waals surface area contributed by atoms with Crippen molar-refractivity contribution in [3.8, 4) is 0 Å². The highest BCUT2D eigenvalue weighted by Gasteiger charge is 1.96. The molecule has 2 heteroatoms. The Bertz CT molecular complexity index is 233. The van der Waals surface area contributed by atoms with Gasteiger partial charge in [0.2, 0.25) is 9.04 Å². The third-order valence-electron chi connectivity index (χ3n) is 2.09. The zero-order valence-corrected chi connectivity index (χ0v) is 10.1. The van der Waals surface area contributed by atoms with Gasteiger partial charge >= 0.3 is 0 Å². The third-order valence-corrected chi connectivity index (χ3v) is 2.87. The molecule has 77 valence electrons. The van der Waals surface area contributed by atoms with E-state index in [4.69, 9.17) is 4.43 Å². The molecule has 0 bridgehead atoms. The summed E-state index contributed by atoms with van der Waals surface area (Å²) in [5.74, 6) is 0. The van der Waals surface area contributed by atoms with E-state index >= 15 is 0 Å². The quantitative estimate of drug-likeness (QED) is 0.514.